The quantitative estimate of drug-likeness (QED) is 0.481. The molecule has 1 aromatic carbocycles. The summed E-state index contributed by atoms with van der Waals surface area (Å²) < 4.78 is 4.35. The van der Waals surface area contributed by atoms with Crippen molar-refractivity contribution in [2.24, 2.45) is 7.05 Å². The van der Waals surface area contributed by atoms with Gasteiger partial charge in [-0.1, -0.05) is 0 Å². The van der Waals surface area contributed by atoms with Gasteiger partial charge in [-0.2, -0.15) is 5.10 Å². The van der Waals surface area contributed by atoms with Crippen LogP contribution in [0, 0.1) is 14.9 Å². The van der Waals surface area contributed by atoms with Gasteiger partial charge < -0.3 is 9.47 Å². The molecule has 0 amide bonds. The molecule has 1 saturated heterocycles. The van der Waals surface area contributed by atoms with Gasteiger partial charge in [-0.05, 0) is 24.4 Å². The molecule has 1 aliphatic rings. The second-order valence-electron chi connectivity index (χ2n) is 5.54. The number of nitrogens with zero attached hydrogens (tertiary/aromatic N) is 6. The van der Waals surface area contributed by atoms with Gasteiger partial charge in [0.15, 0.2) is 4.77 Å². The number of hydrogen-bond donors (Lipinski definition) is 0. The summed E-state index contributed by atoms with van der Waals surface area (Å²) in [7, 11) is 1.89. The average molecular weight is 334 g/mol. The van der Waals surface area contributed by atoms with Crippen molar-refractivity contribution in [3.05, 3.63) is 45.5 Å². The molecule has 9 heteroatoms. The maximum absolute atomic E-state index is 10.7. The number of aryl methyl sites for hydroxylation is 1. The summed E-state index contributed by atoms with van der Waals surface area (Å²) in [5.41, 5.74) is 1.14. The smallest absolute Gasteiger partial charge is 0.269 e. The molecule has 8 nitrogen and oxygen atoms in total. The normalized spacial score (nSPS) is 15.8. The van der Waals surface area contributed by atoms with E-state index in [4.69, 9.17) is 12.2 Å². The number of benzene rings is 1. The molecule has 23 heavy (non-hydrogen) atoms. The van der Waals surface area contributed by atoms with Gasteiger partial charge in [0.25, 0.3) is 5.69 Å². The highest BCUT2D eigenvalue weighted by molar-refractivity contribution is 7.71. The first-order valence-corrected chi connectivity index (χ1v) is 7.75. The average Bonchev–Trinajstić information content (AvgIpc) is 2.88. The van der Waals surface area contributed by atoms with Gasteiger partial charge in [-0.3, -0.25) is 15.0 Å². The third kappa shape index (κ3) is 3.40. The highest BCUT2D eigenvalue weighted by Gasteiger charge is 2.18. The second-order valence-corrected chi connectivity index (χ2v) is 5.91. The van der Waals surface area contributed by atoms with Crippen molar-refractivity contribution in [2.75, 3.05) is 31.1 Å². The lowest BCUT2D eigenvalue weighted by Gasteiger charge is -2.35. The third-order valence-corrected chi connectivity index (χ3v) is 4.52. The van der Waals surface area contributed by atoms with Crippen molar-refractivity contribution in [3.63, 3.8) is 0 Å². The molecule has 2 heterocycles. The third-order valence-electron chi connectivity index (χ3n) is 4.02. The van der Waals surface area contributed by atoms with Gasteiger partial charge in [0.05, 0.1) is 11.6 Å². The number of nitro benzene ring substituents is 1. The fourth-order valence-electron chi connectivity index (χ4n) is 2.64. The molecular formula is C14H18N6O2S. The minimum absolute atomic E-state index is 0.122. The zero-order valence-electron chi connectivity index (χ0n) is 12.8. The van der Waals surface area contributed by atoms with E-state index in [0.717, 1.165) is 31.9 Å². The highest BCUT2D eigenvalue weighted by Crippen LogP contribution is 2.20. The summed E-state index contributed by atoms with van der Waals surface area (Å²) in [5.74, 6) is 0. The summed E-state index contributed by atoms with van der Waals surface area (Å²) in [4.78, 5) is 14.9. The Hall–Kier alpha value is -2.26. The number of aromatic nitrogens is 3. The Morgan fingerprint density at radius 3 is 2.39 bits per heavy atom. The first-order valence-electron chi connectivity index (χ1n) is 7.35. The number of piperazine rings is 1. The Morgan fingerprint density at radius 2 is 1.87 bits per heavy atom. The molecule has 1 aliphatic heterocycles. The molecule has 3 rings (SSSR count). The highest BCUT2D eigenvalue weighted by atomic mass is 32.1. The van der Waals surface area contributed by atoms with Gasteiger partial charge in [0, 0.05) is 51.0 Å². The molecule has 122 valence electrons. The number of nitro groups is 1. The van der Waals surface area contributed by atoms with Crippen molar-refractivity contribution in [1.82, 2.24) is 19.2 Å². The maximum atomic E-state index is 10.7. The lowest BCUT2D eigenvalue weighted by Crippen LogP contribution is -2.47. The SMILES string of the molecule is Cn1cnn(CN2CCN(c3ccc([N+](=O)[O-])cc3)CC2)c1=S. The molecule has 0 spiro atoms. The van der Waals surface area contributed by atoms with Crippen LogP contribution in [0.5, 0.6) is 0 Å². The molecule has 1 fully saturated rings. The van der Waals surface area contributed by atoms with E-state index in [2.05, 4.69) is 14.9 Å². The minimum Gasteiger partial charge on any atom is -0.369 e. The van der Waals surface area contributed by atoms with E-state index in [9.17, 15) is 10.1 Å². The van der Waals surface area contributed by atoms with Gasteiger partial charge >= 0.3 is 0 Å². The molecular weight excluding hydrogens is 316 g/mol. The van der Waals surface area contributed by atoms with Crippen LogP contribution >= 0.6 is 12.2 Å². The van der Waals surface area contributed by atoms with Crippen LogP contribution in [0.15, 0.2) is 30.6 Å². The van der Waals surface area contributed by atoms with Crippen LogP contribution < -0.4 is 4.90 Å². The van der Waals surface area contributed by atoms with Gasteiger partial charge in [-0.25, -0.2) is 4.68 Å². The largest absolute Gasteiger partial charge is 0.369 e. The molecule has 0 atom stereocenters. The molecule has 0 N–H and O–H groups in total. The Labute approximate surface area is 138 Å². The van der Waals surface area contributed by atoms with Gasteiger partial charge in [0.1, 0.15) is 6.33 Å². The molecule has 1 aromatic heterocycles. The van der Waals surface area contributed by atoms with Crippen LogP contribution in [0.25, 0.3) is 0 Å². The number of non-ortho nitro benzene ring substituents is 1. The van der Waals surface area contributed by atoms with Crippen molar-refractivity contribution in [1.29, 1.82) is 0 Å². The van der Waals surface area contributed by atoms with Crippen LogP contribution in [0.3, 0.4) is 0 Å². The predicted molar refractivity (Wildman–Crippen MR) is 88.9 cm³/mol. The summed E-state index contributed by atoms with van der Waals surface area (Å²) in [5, 5.41) is 15.0. The van der Waals surface area contributed by atoms with E-state index < -0.39 is 0 Å². The second kappa shape index (κ2) is 6.47. The van der Waals surface area contributed by atoms with Gasteiger partial charge in [-0.15, -0.1) is 0 Å². The first kappa shape index (κ1) is 15.6. The van der Waals surface area contributed by atoms with E-state index in [1.807, 2.05) is 28.4 Å². The molecule has 0 bridgehead atoms. The van der Waals surface area contributed by atoms with Crippen molar-refractivity contribution >= 4 is 23.6 Å². The lowest BCUT2D eigenvalue weighted by molar-refractivity contribution is -0.384. The Bertz CT molecular complexity index is 745. The number of rotatable bonds is 4. The van der Waals surface area contributed by atoms with E-state index in [1.54, 1.807) is 18.5 Å². The topological polar surface area (TPSA) is 72.4 Å². The molecule has 0 aliphatic carbocycles. The zero-order chi connectivity index (χ0) is 16.4. The van der Waals surface area contributed by atoms with Crippen LogP contribution in [-0.4, -0.2) is 50.3 Å². The molecule has 0 unspecified atom stereocenters. The summed E-state index contributed by atoms with van der Waals surface area (Å²) in [6.45, 7) is 4.23. The Morgan fingerprint density at radius 1 is 1.22 bits per heavy atom. The van der Waals surface area contributed by atoms with E-state index in [-0.39, 0.29) is 10.6 Å². The van der Waals surface area contributed by atoms with Crippen LogP contribution in [0.1, 0.15) is 0 Å². The molecule has 0 radical (unpaired) electrons. The minimum atomic E-state index is -0.377. The monoisotopic (exact) mass is 334 g/mol. The van der Waals surface area contributed by atoms with Crippen molar-refractivity contribution < 1.29 is 4.92 Å². The Balaban J connectivity index is 1.58. The maximum Gasteiger partial charge on any atom is 0.269 e. The van der Waals surface area contributed by atoms with Crippen LogP contribution in [-0.2, 0) is 13.7 Å². The molecule has 0 saturated carbocycles. The van der Waals surface area contributed by atoms with Crippen LogP contribution in [0.2, 0.25) is 0 Å². The van der Waals surface area contributed by atoms with Gasteiger partial charge in [0.2, 0.25) is 0 Å². The summed E-state index contributed by atoms with van der Waals surface area (Å²) in [6.07, 6.45) is 1.72. The zero-order valence-corrected chi connectivity index (χ0v) is 13.6. The standard InChI is InChI=1S/C14H18N6O2S/c1-16-10-15-19(14(16)23)11-17-6-8-18(9-7-17)12-2-4-13(5-3-12)20(21)22/h2-5,10H,6-9,11H2,1H3. The Kier molecular flexibility index (Phi) is 4.39. The fourth-order valence-corrected chi connectivity index (χ4v) is 2.79. The summed E-state index contributed by atoms with van der Waals surface area (Å²) in [6, 6.07) is 6.72. The summed E-state index contributed by atoms with van der Waals surface area (Å²) >= 11 is 5.30. The van der Waals surface area contributed by atoms with Crippen LogP contribution in [0.4, 0.5) is 11.4 Å². The van der Waals surface area contributed by atoms with E-state index in [0.29, 0.717) is 11.4 Å². The fraction of sp³-hybridized carbons (Fsp3) is 0.429. The number of hydrogen-bond acceptors (Lipinski definition) is 6. The predicted octanol–water partition coefficient (Wildman–Crippen LogP) is 1.64. The molecule has 2 aromatic rings. The first-order chi connectivity index (χ1) is 11.0. The number of anilines is 1. The lowest BCUT2D eigenvalue weighted by atomic mass is 10.2. The van der Waals surface area contributed by atoms with Crippen molar-refractivity contribution in [3.8, 4) is 0 Å². The van der Waals surface area contributed by atoms with E-state index >= 15 is 0 Å². The van der Waals surface area contributed by atoms with Crippen molar-refractivity contribution in [2.45, 2.75) is 6.67 Å². The van der Waals surface area contributed by atoms with E-state index in [1.165, 1.54) is 0 Å².